The van der Waals surface area contributed by atoms with Crippen LogP contribution in [0, 0.1) is 0 Å². The standard InChI is InChI=1S/C13H28O2S/c1-2-3-4-5-6-7-8-9-10-13(16)15-12-11-14/h13-14,16H,2-12H2,1H3. The van der Waals surface area contributed by atoms with Crippen molar-refractivity contribution in [2.45, 2.75) is 70.1 Å². The van der Waals surface area contributed by atoms with E-state index in [1.807, 2.05) is 0 Å². The lowest BCUT2D eigenvalue weighted by Gasteiger charge is -2.10. The molecule has 1 N–H and O–H groups in total. The molecule has 0 radical (unpaired) electrons. The van der Waals surface area contributed by atoms with Crippen molar-refractivity contribution in [3.8, 4) is 0 Å². The second-order valence-corrected chi connectivity index (χ2v) is 4.89. The number of hydrogen-bond donors (Lipinski definition) is 2. The van der Waals surface area contributed by atoms with Crippen molar-refractivity contribution in [3.05, 3.63) is 0 Å². The lowest BCUT2D eigenvalue weighted by Crippen LogP contribution is -2.08. The molecule has 0 spiro atoms. The maximum absolute atomic E-state index is 8.57. The van der Waals surface area contributed by atoms with Crippen molar-refractivity contribution in [1.82, 2.24) is 0 Å². The van der Waals surface area contributed by atoms with Crippen molar-refractivity contribution in [1.29, 1.82) is 0 Å². The van der Waals surface area contributed by atoms with Crippen LogP contribution in [0.15, 0.2) is 0 Å². The number of hydrogen-bond acceptors (Lipinski definition) is 3. The molecule has 0 saturated carbocycles. The lowest BCUT2D eigenvalue weighted by molar-refractivity contribution is 0.0717. The van der Waals surface area contributed by atoms with Crippen LogP contribution in [0.3, 0.4) is 0 Å². The van der Waals surface area contributed by atoms with E-state index in [0.29, 0.717) is 6.61 Å². The third-order valence-corrected chi connectivity index (χ3v) is 3.11. The Morgan fingerprint density at radius 2 is 1.56 bits per heavy atom. The number of rotatable bonds is 12. The summed E-state index contributed by atoms with van der Waals surface area (Å²) in [5, 5.41) is 8.57. The number of aliphatic hydroxyl groups excluding tert-OH is 1. The van der Waals surface area contributed by atoms with Gasteiger partial charge in [-0.2, -0.15) is 0 Å². The van der Waals surface area contributed by atoms with Crippen molar-refractivity contribution >= 4 is 12.6 Å². The molecule has 0 aromatic carbocycles. The van der Waals surface area contributed by atoms with Gasteiger partial charge < -0.3 is 9.84 Å². The summed E-state index contributed by atoms with van der Waals surface area (Å²) in [6, 6.07) is 0. The molecule has 0 amide bonds. The van der Waals surface area contributed by atoms with Crippen LogP contribution in [0.5, 0.6) is 0 Å². The molecule has 0 aromatic heterocycles. The average molecular weight is 248 g/mol. The Bertz CT molecular complexity index is 131. The van der Waals surface area contributed by atoms with Gasteiger partial charge in [0.25, 0.3) is 0 Å². The van der Waals surface area contributed by atoms with Gasteiger partial charge in [0.2, 0.25) is 0 Å². The highest BCUT2D eigenvalue weighted by molar-refractivity contribution is 7.80. The Morgan fingerprint density at radius 3 is 2.12 bits per heavy atom. The molecule has 0 heterocycles. The van der Waals surface area contributed by atoms with Crippen molar-refractivity contribution in [2.75, 3.05) is 13.2 Å². The average Bonchev–Trinajstić information content (AvgIpc) is 2.30. The maximum atomic E-state index is 8.57. The summed E-state index contributed by atoms with van der Waals surface area (Å²) in [5.41, 5.74) is 0.00670. The summed E-state index contributed by atoms with van der Waals surface area (Å²) in [5.74, 6) is 0. The smallest absolute Gasteiger partial charge is 0.100 e. The van der Waals surface area contributed by atoms with Gasteiger partial charge in [-0.1, -0.05) is 58.3 Å². The Kier molecular flexibility index (Phi) is 13.6. The summed E-state index contributed by atoms with van der Waals surface area (Å²) >= 11 is 4.30. The molecule has 0 bridgehead atoms. The second kappa shape index (κ2) is 13.3. The second-order valence-electron chi connectivity index (χ2n) is 4.31. The van der Waals surface area contributed by atoms with E-state index < -0.39 is 0 Å². The zero-order valence-corrected chi connectivity index (χ0v) is 11.6. The highest BCUT2D eigenvalue weighted by atomic mass is 32.1. The topological polar surface area (TPSA) is 29.5 Å². The Balaban J connectivity index is 3.02. The largest absolute Gasteiger partial charge is 0.394 e. The number of thiol groups is 1. The van der Waals surface area contributed by atoms with Gasteiger partial charge in [0, 0.05) is 0 Å². The molecule has 0 aromatic rings. The molecule has 0 aliphatic rings. The van der Waals surface area contributed by atoms with Gasteiger partial charge in [-0.05, 0) is 6.42 Å². The molecule has 0 fully saturated rings. The van der Waals surface area contributed by atoms with Crippen LogP contribution < -0.4 is 0 Å². The third kappa shape index (κ3) is 12.3. The van der Waals surface area contributed by atoms with Gasteiger partial charge in [-0.25, -0.2) is 0 Å². The predicted molar refractivity (Wildman–Crippen MR) is 73.0 cm³/mol. The molecule has 98 valence electrons. The van der Waals surface area contributed by atoms with Crippen LogP contribution in [0.25, 0.3) is 0 Å². The van der Waals surface area contributed by atoms with E-state index in [1.54, 1.807) is 0 Å². The fourth-order valence-electron chi connectivity index (χ4n) is 1.72. The molecule has 1 atom stereocenters. The Morgan fingerprint density at radius 1 is 1.00 bits per heavy atom. The number of ether oxygens (including phenoxy) is 1. The minimum Gasteiger partial charge on any atom is -0.394 e. The zero-order valence-electron chi connectivity index (χ0n) is 10.7. The molecular weight excluding hydrogens is 220 g/mol. The van der Waals surface area contributed by atoms with E-state index in [9.17, 15) is 0 Å². The summed E-state index contributed by atoms with van der Waals surface area (Å²) in [7, 11) is 0. The first-order valence-electron chi connectivity index (χ1n) is 6.71. The van der Waals surface area contributed by atoms with Crippen molar-refractivity contribution < 1.29 is 9.84 Å². The molecule has 0 rings (SSSR count). The van der Waals surface area contributed by atoms with Gasteiger partial charge in [0.15, 0.2) is 0 Å². The summed E-state index contributed by atoms with van der Waals surface area (Å²) in [6.07, 6.45) is 11.7. The number of aliphatic hydroxyl groups is 1. The van der Waals surface area contributed by atoms with E-state index >= 15 is 0 Å². The first kappa shape index (κ1) is 16.3. The van der Waals surface area contributed by atoms with Gasteiger partial charge in [0.05, 0.1) is 13.2 Å². The molecule has 2 nitrogen and oxygen atoms in total. The highest BCUT2D eigenvalue weighted by Gasteiger charge is 2.01. The summed E-state index contributed by atoms with van der Waals surface area (Å²) in [6.45, 7) is 2.75. The zero-order chi connectivity index (χ0) is 12.1. The van der Waals surface area contributed by atoms with Crippen LogP contribution >= 0.6 is 12.6 Å². The number of unbranched alkanes of at least 4 members (excludes halogenated alkanes) is 7. The summed E-state index contributed by atoms with van der Waals surface area (Å²) in [4.78, 5) is 0. The Labute approximate surface area is 106 Å². The fraction of sp³-hybridized carbons (Fsp3) is 1.00. The first-order valence-corrected chi connectivity index (χ1v) is 7.23. The monoisotopic (exact) mass is 248 g/mol. The van der Waals surface area contributed by atoms with Gasteiger partial charge in [0.1, 0.15) is 5.44 Å². The molecule has 1 unspecified atom stereocenters. The van der Waals surface area contributed by atoms with Crippen LogP contribution in [0.2, 0.25) is 0 Å². The molecular formula is C13H28O2S. The molecule has 16 heavy (non-hydrogen) atoms. The van der Waals surface area contributed by atoms with Crippen LogP contribution in [-0.4, -0.2) is 23.8 Å². The third-order valence-electron chi connectivity index (χ3n) is 2.71. The van der Waals surface area contributed by atoms with E-state index in [4.69, 9.17) is 9.84 Å². The molecule has 0 saturated heterocycles. The SMILES string of the molecule is CCCCCCCCCCC(S)OCCO. The van der Waals surface area contributed by atoms with E-state index in [-0.39, 0.29) is 12.0 Å². The maximum Gasteiger partial charge on any atom is 0.100 e. The highest BCUT2D eigenvalue weighted by Crippen LogP contribution is 2.13. The molecule has 0 aliphatic carbocycles. The van der Waals surface area contributed by atoms with Crippen molar-refractivity contribution in [3.63, 3.8) is 0 Å². The van der Waals surface area contributed by atoms with Crippen molar-refractivity contribution in [2.24, 2.45) is 0 Å². The van der Waals surface area contributed by atoms with E-state index in [1.165, 1.54) is 51.4 Å². The van der Waals surface area contributed by atoms with E-state index in [2.05, 4.69) is 19.6 Å². The van der Waals surface area contributed by atoms with Crippen LogP contribution in [0.4, 0.5) is 0 Å². The van der Waals surface area contributed by atoms with Crippen LogP contribution in [-0.2, 0) is 4.74 Å². The minimum absolute atomic E-state index is 0.00670. The minimum atomic E-state index is 0.00670. The predicted octanol–water partition coefficient (Wildman–Crippen LogP) is 3.78. The molecule has 3 heteroatoms. The Hall–Kier alpha value is 0.270. The van der Waals surface area contributed by atoms with Gasteiger partial charge in [-0.15, -0.1) is 12.6 Å². The van der Waals surface area contributed by atoms with Gasteiger partial charge in [-0.3, -0.25) is 0 Å². The first-order chi connectivity index (χ1) is 7.81. The van der Waals surface area contributed by atoms with Crippen LogP contribution in [0.1, 0.15) is 64.7 Å². The van der Waals surface area contributed by atoms with Gasteiger partial charge >= 0.3 is 0 Å². The normalized spacial score (nSPS) is 12.9. The lowest BCUT2D eigenvalue weighted by atomic mass is 10.1. The van der Waals surface area contributed by atoms with E-state index in [0.717, 1.165) is 6.42 Å². The fourth-order valence-corrected chi connectivity index (χ4v) is 2.01. The summed E-state index contributed by atoms with van der Waals surface area (Å²) < 4.78 is 5.26. The molecule has 0 aliphatic heterocycles. The quantitative estimate of drug-likeness (QED) is 0.313.